The lowest BCUT2D eigenvalue weighted by Gasteiger charge is -2.23. The third-order valence-electron chi connectivity index (χ3n) is 3.74. The Morgan fingerprint density at radius 2 is 1.95 bits per heavy atom. The van der Waals surface area contributed by atoms with E-state index in [9.17, 15) is 13.2 Å². The molecule has 1 fully saturated rings. The molecule has 0 aromatic carbocycles. The summed E-state index contributed by atoms with van der Waals surface area (Å²) in [6.07, 6.45) is -1.95. The van der Waals surface area contributed by atoms with E-state index in [1.165, 1.54) is 12.8 Å². The topological polar surface area (TPSA) is 31.4 Å². The van der Waals surface area contributed by atoms with E-state index in [1.54, 1.807) is 19.0 Å². The molecule has 7 heteroatoms. The SMILES string of the molecule is CNc1cc(C(F)(F)F)cc(N(C)CCN2CCCC2)n1. The van der Waals surface area contributed by atoms with Crippen LogP contribution in [0.1, 0.15) is 18.4 Å². The lowest BCUT2D eigenvalue weighted by molar-refractivity contribution is -0.137. The van der Waals surface area contributed by atoms with Crippen molar-refractivity contribution in [2.45, 2.75) is 19.0 Å². The number of hydrogen-bond acceptors (Lipinski definition) is 4. The molecule has 1 saturated heterocycles. The molecule has 1 N–H and O–H groups in total. The largest absolute Gasteiger partial charge is 0.416 e. The normalized spacial score (nSPS) is 16.2. The molecular formula is C14H21F3N4. The lowest BCUT2D eigenvalue weighted by Crippen LogP contribution is -2.32. The minimum atomic E-state index is -4.36. The number of rotatable bonds is 5. The molecule has 0 bridgehead atoms. The van der Waals surface area contributed by atoms with Crippen molar-refractivity contribution in [3.63, 3.8) is 0 Å². The summed E-state index contributed by atoms with van der Waals surface area (Å²) >= 11 is 0. The van der Waals surface area contributed by atoms with Gasteiger partial charge in [0.25, 0.3) is 0 Å². The monoisotopic (exact) mass is 302 g/mol. The van der Waals surface area contributed by atoms with Crippen LogP contribution in [0.25, 0.3) is 0 Å². The zero-order valence-electron chi connectivity index (χ0n) is 12.4. The van der Waals surface area contributed by atoms with Gasteiger partial charge in [0.1, 0.15) is 11.6 Å². The van der Waals surface area contributed by atoms with Gasteiger partial charge in [-0.05, 0) is 38.1 Å². The molecule has 1 aliphatic heterocycles. The van der Waals surface area contributed by atoms with Crippen molar-refractivity contribution < 1.29 is 13.2 Å². The molecule has 118 valence electrons. The van der Waals surface area contributed by atoms with Gasteiger partial charge in [-0.2, -0.15) is 13.2 Å². The molecule has 0 aliphatic carbocycles. The number of nitrogens with zero attached hydrogens (tertiary/aromatic N) is 3. The first kappa shape index (κ1) is 15.9. The Balaban J connectivity index is 2.09. The van der Waals surface area contributed by atoms with Gasteiger partial charge in [0.15, 0.2) is 0 Å². The number of alkyl halides is 3. The third kappa shape index (κ3) is 4.23. The minimum Gasteiger partial charge on any atom is -0.373 e. The molecule has 21 heavy (non-hydrogen) atoms. The number of halogens is 3. The summed E-state index contributed by atoms with van der Waals surface area (Å²) in [6.45, 7) is 3.66. The highest BCUT2D eigenvalue weighted by Gasteiger charge is 2.32. The molecule has 1 aromatic heterocycles. The van der Waals surface area contributed by atoms with E-state index in [0.717, 1.165) is 31.8 Å². The Hall–Kier alpha value is -1.50. The summed E-state index contributed by atoms with van der Waals surface area (Å²) in [4.78, 5) is 8.30. The number of aromatic nitrogens is 1. The zero-order chi connectivity index (χ0) is 15.5. The first-order valence-corrected chi connectivity index (χ1v) is 7.10. The fraction of sp³-hybridized carbons (Fsp3) is 0.643. The second kappa shape index (κ2) is 6.51. The maximum Gasteiger partial charge on any atom is 0.416 e. The highest BCUT2D eigenvalue weighted by atomic mass is 19.4. The Kier molecular flexibility index (Phi) is 4.92. The van der Waals surface area contributed by atoms with Gasteiger partial charge in [0, 0.05) is 27.2 Å². The van der Waals surface area contributed by atoms with E-state index >= 15 is 0 Å². The predicted octanol–water partition coefficient (Wildman–Crippen LogP) is 2.67. The molecule has 0 amide bonds. The maximum atomic E-state index is 12.9. The number of pyridine rings is 1. The molecule has 0 atom stereocenters. The van der Waals surface area contributed by atoms with Gasteiger partial charge in [0.2, 0.25) is 0 Å². The molecular weight excluding hydrogens is 281 g/mol. The number of likely N-dealkylation sites (N-methyl/N-ethyl adjacent to an activating group) is 1. The van der Waals surface area contributed by atoms with E-state index < -0.39 is 11.7 Å². The standard InChI is InChI=1S/C14H21F3N4/c1-18-12-9-11(14(15,16)17)10-13(19-12)20(2)7-8-21-5-3-4-6-21/h9-10H,3-8H2,1-2H3,(H,18,19). The molecule has 0 unspecified atom stereocenters. The molecule has 2 rings (SSSR count). The van der Waals surface area contributed by atoms with Crippen molar-refractivity contribution in [3.05, 3.63) is 17.7 Å². The van der Waals surface area contributed by atoms with Crippen LogP contribution in [0, 0.1) is 0 Å². The van der Waals surface area contributed by atoms with Crippen LogP contribution in [0.4, 0.5) is 24.8 Å². The maximum absolute atomic E-state index is 12.9. The molecule has 0 saturated carbocycles. The molecule has 1 aromatic rings. The minimum absolute atomic E-state index is 0.229. The molecule has 0 spiro atoms. The van der Waals surface area contributed by atoms with Crippen molar-refractivity contribution in [1.82, 2.24) is 9.88 Å². The second-order valence-corrected chi connectivity index (χ2v) is 5.32. The van der Waals surface area contributed by atoms with Crippen LogP contribution in [0.5, 0.6) is 0 Å². The average Bonchev–Trinajstić information content (AvgIpc) is 2.96. The fourth-order valence-electron chi connectivity index (χ4n) is 2.42. The third-order valence-corrected chi connectivity index (χ3v) is 3.74. The smallest absolute Gasteiger partial charge is 0.373 e. The van der Waals surface area contributed by atoms with Crippen molar-refractivity contribution in [2.24, 2.45) is 0 Å². The van der Waals surface area contributed by atoms with E-state index in [1.807, 2.05) is 0 Å². The van der Waals surface area contributed by atoms with Gasteiger partial charge < -0.3 is 15.1 Å². The van der Waals surface area contributed by atoms with Crippen LogP contribution in [0.2, 0.25) is 0 Å². The Labute approximate surface area is 122 Å². The van der Waals surface area contributed by atoms with Crippen molar-refractivity contribution in [3.8, 4) is 0 Å². The van der Waals surface area contributed by atoms with Gasteiger partial charge >= 0.3 is 6.18 Å². The first-order chi connectivity index (χ1) is 9.90. The van der Waals surface area contributed by atoms with E-state index in [2.05, 4.69) is 15.2 Å². The van der Waals surface area contributed by atoms with Crippen LogP contribution in [0.3, 0.4) is 0 Å². The predicted molar refractivity (Wildman–Crippen MR) is 77.7 cm³/mol. The van der Waals surface area contributed by atoms with E-state index in [-0.39, 0.29) is 5.82 Å². The number of anilines is 2. The summed E-state index contributed by atoms with van der Waals surface area (Å²) in [5.41, 5.74) is -0.676. The molecule has 1 aliphatic rings. The van der Waals surface area contributed by atoms with E-state index in [0.29, 0.717) is 12.4 Å². The van der Waals surface area contributed by atoms with Crippen LogP contribution in [0.15, 0.2) is 12.1 Å². The van der Waals surface area contributed by atoms with Crippen LogP contribution < -0.4 is 10.2 Å². The molecule has 4 nitrogen and oxygen atoms in total. The number of nitrogens with one attached hydrogen (secondary N) is 1. The summed E-state index contributed by atoms with van der Waals surface area (Å²) < 4.78 is 38.7. The van der Waals surface area contributed by atoms with Crippen LogP contribution in [-0.4, -0.2) is 50.2 Å². The van der Waals surface area contributed by atoms with Crippen molar-refractivity contribution in [2.75, 3.05) is 50.5 Å². The molecule has 2 heterocycles. The van der Waals surface area contributed by atoms with E-state index in [4.69, 9.17) is 0 Å². The van der Waals surface area contributed by atoms with Gasteiger partial charge in [-0.1, -0.05) is 0 Å². The summed E-state index contributed by atoms with van der Waals surface area (Å²) in [5.74, 6) is 0.571. The van der Waals surface area contributed by atoms with Crippen molar-refractivity contribution >= 4 is 11.6 Å². The van der Waals surface area contributed by atoms with Crippen molar-refractivity contribution in [1.29, 1.82) is 0 Å². The summed E-state index contributed by atoms with van der Waals surface area (Å²) in [5, 5.41) is 2.68. The van der Waals surface area contributed by atoms with Gasteiger partial charge in [-0.25, -0.2) is 4.98 Å². The Bertz CT molecular complexity index is 470. The zero-order valence-corrected chi connectivity index (χ0v) is 12.4. The highest BCUT2D eigenvalue weighted by Crippen LogP contribution is 2.32. The lowest BCUT2D eigenvalue weighted by atomic mass is 10.2. The number of hydrogen-bond donors (Lipinski definition) is 1. The van der Waals surface area contributed by atoms with Crippen LogP contribution >= 0.6 is 0 Å². The molecule has 0 radical (unpaired) electrons. The first-order valence-electron chi connectivity index (χ1n) is 7.10. The quantitative estimate of drug-likeness (QED) is 0.906. The van der Waals surface area contributed by atoms with Gasteiger partial charge in [0.05, 0.1) is 5.56 Å². The van der Waals surface area contributed by atoms with Gasteiger partial charge in [-0.15, -0.1) is 0 Å². The second-order valence-electron chi connectivity index (χ2n) is 5.32. The Morgan fingerprint density at radius 1 is 1.29 bits per heavy atom. The fourth-order valence-corrected chi connectivity index (χ4v) is 2.42. The summed E-state index contributed by atoms with van der Waals surface area (Å²) in [7, 11) is 3.34. The summed E-state index contributed by atoms with van der Waals surface area (Å²) in [6, 6.07) is 2.13. The van der Waals surface area contributed by atoms with Crippen LogP contribution in [-0.2, 0) is 6.18 Å². The Morgan fingerprint density at radius 3 is 2.52 bits per heavy atom. The number of likely N-dealkylation sites (tertiary alicyclic amines) is 1. The van der Waals surface area contributed by atoms with Gasteiger partial charge in [-0.3, -0.25) is 0 Å². The highest BCUT2D eigenvalue weighted by molar-refractivity contribution is 5.50. The average molecular weight is 302 g/mol.